The van der Waals surface area contributed by atoms with Crippen molar-refractivity contribution in [3.8, 4) is 0 Å². The maximum Gasteiger partial charge on any atom is 0.357 e. The zero-order chi connectivity index (χ0) is 14.0. The van der Waals surface area contributed by atoms with Crippen molar-refractivity contribution in [1.29, 1.82) is 0 Å². The average Bonchev–Trinajstić information content (AvgIpc) is 2.95. The molecule has 0 aromatic carbocycles. The molecule has 0 radical (unpaired) electrons. The molecule has 0 saturated carbocycles. The number of thiazole rings is 1. The van der Waals surface area contributed by atoms with E-state index in [0.29, 0.717) is 18.1 Å². The lowest BCUT2D eigenvalue weighted by atomic mass is 10.4. The SMILES string of the molecule is COC(=O)c1nc(N(C)Cc2n[nH]c(C)n2)sc1C. The highest BCUT2D eigenvalue weighted by Crippen LogP contribution is 2.25. The van der Waals surface area contributed by atoms with E-state index in [-0.39, 0.29) is 0 Å². The van der Waals surface area contributed by atoms with Crippen LogP contribution in [0.25, 0.3) is 0 Å². The van der Waals surface area contributed by atoms with Gasteiger partial charge in [0.05, 0.1) is 13.7 Å². The summed E-state index contributed by atoms with van der Waals surface area (Å²) in [6.45, 7) is 4.22. The Morgan fingerprint density at radius 2 is 2.16 bits per heavy atom. The summed E-state index contributed by atoms with van der Waals surface area (Å²) in [6.07, 6.45) is 0. The minimum Gasteiger partial charge on any atom is -0.464 e. The van der Waals surface area contributed by atoms with Gasteiger partial charge in [-0.25, -0.2) is 14.8 Å². The normalized spacial score (nSPS) is 10.5. The third-order valence-electron chi connectivity index (χ3n) is 2.51. The van der Waals surface area contributed by atoms with Crippen molar-refractivity contribution < 1.29 is 9.53 Å². The van der Waals surface area contributed by atoms with Crippen LogP contribution in [0.4, 0.5) is 5.13 Å². The molecule has 2 aromatic heterocycles. The number of nitrogens with one attached hydrogen (secondary N) is 1. The molecular weight excluding hydrogens is 266 g/mol. The van der Waals surface area contributed by atoms with Gasteiger partial charge in [0.2, 0.25) is 0 Å². The number of hydrogen-bond donors (Lipinski definition) is 1. The Morgan fingerprint density at radius 1 is 1.42 bits per heavy atom. The van der Waals surface area contributed by atoms with Crippen molar-refractivity contribution in [3.05, 3.63) is 22.2 Å². The highest BCUT2D eigenvalue weighted by molar-refractivity contribution is 7.15. The highest BCUT2D eigenvalue weighted by atomic mass is 32.1. The van der Waals surface area contributed by atoms with Gasteiger partial charge in [0.15, 0.2) is 16.6 Å². The van der Waals surface area contributed by atoms with Crippen molar-refractivity contribution in [1.82, 2.24) is 20.2 Å². The molecule has 0 unspecified atom stereocenters. The molecule has 0 aliphatic rings. The maximum atomic E-state index is 11.5. The molecule has 0 aliphatic heterocycles. The first-order valence-corrected chi connectivity index (χ1v) is 6.47. The summed E-state index contributed by atoms with van der Waals surface area (Å²) in [5, 5.41) is 7.60. The zero-order valence-electron chi connectivity index (χ0n) is 11.2. The van der Waals surface area contributed by atoms with Crippen LogP contribution in [0.2, 0.25) is 0 Å². The topological polar surface area (TPSA) is 84.0 Å². The largest absolute Gasteiger partial charge is 0.464 e. The summed E-state index contributed by atoms with van der Waals surface area (Å²) in [6, 6.07) is 0. The van der Waals surface area contributed by atoms with Crippen molar-refractivity contribution in [2.24, 2.45) is 0 Å². The molecule has 2 aromatic rings. The number of anilines is 1. The zero-order valence-corrected chi connectivity index (χ0v) is 12.0. The fourth-order valence-corrected chi connectivity index (χ4v) is 2.43. The molecular formula is C11H15N5O2S. The standard InChI is InChI=1S/C11H15N5O2S/c1-6-9(10(17)18-4)13-11(19-6)16(3)5-8-12-7(2)14-15-8/h5H2,1-4H3,(H,12,14,15). The molecule has 19 heavy (non-hydrogen) atoms. The van der Waals surface area contributed by atoms with Gasteiger partial charge in [0.1, 0.15) is 5.82 Å². The number of aromatic nitrogens is 4. The number of carbonyl (C=O) groups is 1. The van der Waals surface area contributed by atoms with Crippen LogP contribution < -0.4 is 4.90 Å². The van der Waals surface area contributed by atoms with E-state index >= 15 is 0 Å². The second-order valence-corrected chi connectivity index (χ2v) is 5.27. The fourth-order valence-electron chi connectivity index (χ4n) is 1.57. The molecule has 1 N–H and O–H groups in total. The molecule has 0 saturated heterocycles. The van der Waals surface area contributed by atoms with Crippen molar-refractivity contribution in [2.45, 2.75) is 20.4 Å². The molecule has 0 bridgehead atoms. The van der Waals surface area contributed by atoms with Gasteiger partial charge in [0.25, 0.3) is 0 Å². The third kappa shape index (κ3) is 2.90. The number of aryl methyl sites for hydroxylation is 2. The summed E-state index contributed by atoms with van der Waals surface area (Å²) in [5.74, 6) is 1.04. The lowest BCUT2D eigenvalue weighted by molar-refractivity contribution is 0.0594. The third-order valence-corrected chi connectivity index (χ3v) is 3.60. The van der Waals surface area contributed by atoms with Crippen LogP contribution in [0, 0.1) is 13.8 Å². The Kier molecular flexibility index (Phi) is 3.79. The Morgan fingerprint density at radius 3 is 2.74 bits per heavy atom. The van der Waals surface area contributed by atoms with E-state index in [0.717, 1.165) is 15.8 Å². The second kappa shape index (κ2) is 5.35. The summed E-state index contributed by atoms with van der Waals surface area (Å²) in [7, 11) is 3.23. The van der Waals surface area contributed by atoms with Crippen LogP contribution in [0.3, 0.4) is 0 Å². The van der Waals surface area contributed by atoms with Gasteiger partial charge in [-0.3, -0.25) is 5.10 Å². The number of H-pyrrole nitrogens is 1. The minimum atomic E-state index is -0.415. The Labute approximate surface area is 114 Å². The van der Waals surface area contributed by atoms with Gasteiger partial charge in [0, 0.05) is 11.9 Å². The summed E-state index contributed by atoms with van der Waals surface area (Å²) >= 11 is 1.44. The van der Waals surface area contributed by atoms with E-state index in [1.54, 1.807) is 0 Å². The van der Waals surface area contributed by atoms with Crippen LogP contribution in [0.5, 0.6) is 0 Å². The Balaban J connectivity index is 2.15. The molecule has 0 atom stereocenters. The molecule has 0 fully saturated rings. The first-order valence-electron chi connectivity index (χ1n) is 5.66. The summed E-state index contributed by atoms with van der Waals surface area (Å²) in [5.41, 5.74) is 0.362. The number of methoxy groups -OCH3 is 1. The van der Waals surface area contributed by atoms with Crippen LogP contribution in [-0.2, 0) is 11.3 Å². The fraction of sp³-hybridized carbons (Fsp3) is 0.455. The van der Waals surface area contributed by atoms with Gasteiger partial charge < -0.3 is 9.64 Å². The summed E-state index contributed by atoms with van der Waals surface area (Å²) < 4.78 is 4.69. The van der Waals surface area contributed by atoms with Gasteiger partial charge in [-0.15, -0.1) is 11.3 Å². The molecule has 0 amide bonds. The van der Waals surface area contributed by atoms with E-state index in [1.807, 2.05) is 25.8 Å². The monoisotopic (exact) mass is 281 g/mol. The number of ether oxygens (including phenoxy) is 1. The molecule has 7 nitrogen and oxygen atoms in total. The van der Waals surface area contributed by atoms with E-state index in [9.17, 15) is 4.79 Å². The first-order chi connectivity index (χ1) is 9.01. The Bertz CT molecular complexity index is 592. The lowest BCUT2D eigenvalue weighted by Crippen LogP contribution is -2.17. The van der Waals surface area contributed by atoms with Gasteiger partial charge >= 0.3 is 5.97 Å². The molecule has 2 rings (SSSR count). The summed E-state index contributed by atoms with van der Waals surface area (Å²) in [4.78, 5) is 22.8. The predicted octanol–water partition coefficient (Wildman–Crippen LogP) is 1.30. The van der Waals surface area contributed by atoms with Crippen molar-refractivity contribution in [3.63, 3.8) is 0 Å². The van der Waals surface area contributed by atoms with Crippen molar-refractivity contribution >= 4 is 22.4 Å². The Hall–Kier alpha value is -1.96. The number of carbonyl (C=O) groups excluding carboxylic acids is 1. The molecule has 0 aliphatic carbocycles. The first kappa shape index (κ1) is 13.5. The van der Waals surface area contributed by atoms with Gasteiger partial charge in [-0.1, -0.05) is 0 Å². The maximum absolute atomic E-state index is 11.5. The molecule has 8 heteroatoms. The van der Waals surface area contributed by atoms with E-state index in [2.05, 4.69) is 24.9 Å². The van der Waals surface area contributed by atoms with Crippen LogP contribution in [0.1, 0.15) is 27.0 Å². The highest BCUT2D eigenvalue weighted by Gasteiger charge is 2.18. The average molecular weight is 281 g/mol. The lowest BCUT2D eigenvalue weighted by Gasteiger charge is -2.12. The minimum absolute atomic E-state index is 0.362. The number of esters is 1. The number of nitrogens with zero attached hydrogens (tertiary/aromatic N) is 4. The van der Waals surface area contributed by atoms with E-state index < -0.39 is 5.97 Å². The predicted molar refractivity (Wildman–Crippen MR) is 71.4 cm³/mol. The van der Waals surface area contributed by atoms with Crippen LogP contribution in [0.15, 0.2) is 0 Å². The van der Waals surface area contributed by atoms with E-state index in [1.165, 1.54) is 18.4 Å². The van der Waals surface area contributed by atoms with Crippen LogP contribution in [-0.4, -0.2) is 40.3 Å². The van der Waals surface area contributed by atoms with Crippen LogP contribution >= 0.6 is 11.3 Å². The number of aromatic amines is 1. The number of rotatable bonds is 4. The molecule has 2 heterocycles. The number of hydrogen-bond acceptors (Lipinski definition) is 7. The molecule has 0 spiro atoms. The van der Waals surface area contributed by atoms with Gasteiger partial charge in [-0.05, 0) is 13.8 Å². The van der Waals surface area contributed by atoms with E-state index in [4.69, 9.17) is 0 Å². The smallest absolute Gasteiger partial charge is 0.357 e. The molecule has 102 valence electrons. The second-order valence-electron chi connectivity index (χ2n) is 4.09. The quantitative estimate of drug-likeness (QED) is 0.850. The van der Waals surface area contributed by atoms with Crippen molar-refractivity contribution in [2.75, 3.05) is 19.1 Å². The van der Waals surface area contributed by atoms with Gasteiger partial charge in [-0.2, -0.15) is 5.10 Å².